The lowest BCUT2D eigenvalue weighted by Gasteiger charge is -2.10. The summed E-state index contributed by atoms with van der Waals surface area (Å²) >= 11 is 5.84. The Morgan fingerprint density at radius 2 is 1.90 bits per heavy atom. The Morgan fingerprint density at radius 3 is 2.62 bits per heavy atom. The number of nitrogens with zero attached hydrogens (tertiary/aromatic N) is 4. The molecule has 0 amide bonds. The van der Waals surface area contributed by atoms with E-state index in [1.807, 2.05) is 0 Å². The van der Waals surface area contributed by atoms with Crippen molar-refractivity contribution >= 4 is 17.4 Å². The van der Waals surface area contributed by atoms with E-state index in [9.17, 15) is 13.6 Å². The molecule has 1 aromatic carbocycles. The van der Waals surface area contributed by atoms with Crippen LogP contribution >= 0.6 is 11.6 Å². The molecule has 0 aliphatic rings. The molecule has 0 spiro atoms. The molecule has 0 saturated heterocycles. The van der Waals surface area contributed by atoms with Crippen molar-refractivity contribution in [1.29, 1.82) is 0 Å². The number of aryl methyl sites for hydroxylation is 2. The molecule has 0 saturated carbocycles. The molecule has 2 aromatic heterocycles. The van der Waals surface area contributed by atoms with Gasteiger partial charge in [0.1, 0.15) is 11.6 Å². The van der Waals surface area contributed by atoms with Crippen LogP contribution in [0.2, 0.25) is 5.02 Å². The van der Waals surface area contributed by atoms with Crippen molar-refractivity contribution in [2.24, 2.45) is 0 Å². The molecule has 0 radical (unpaired) electrons. The van der Waals surface area contributed by atoms with Crippen molar-refractivity contribution in [1.82, 2.24) is 19.2 Å². The van der Waals surface area contributed by atoms with E-state index in [-0.39, 0.29) is 22.3 Å². The van der Waals surface area contributed by atoms with Crippen molar-refractivity contribution in [3.8, 4) is 5.69 Å². The molecule has 5 nitrogen and oxygen atoms in total. The van der Waals surface area contributed by atoms with Crippen LogP contribution in [0.25, 0.3) is 11.5 Å². The topological polar surface area (TPSA) is 52.2 Å². The van der Waals surface area contributed by atoms with Crippen LogP contribution in [0.1, 0.15) is 11.4 Å². The Kier molecular flexibility index (Phi) is 3.02. The Bertz CT molecular complexity index is 932. The van der Waals surface area contributed by atoms with Gasteiger partial charge in [0.15, 0.2) is 0 Å². The zero-order chi connectivity index (χ0) is 15.3. The average Bonchev–Trinajstić information content (AvgIpc) is 2.77. The van der Waals surface area contributed by atoms with Gasteiger partial charge in [0.2, 0.25) is 11.7 Å². The molecular formula is C13H9ClF2N4O. The maximum atomic E-state index is 14.1. The van der Waals surface area contributed by atoms with Gasteiger partial charge in [-0.3, -0.25) is 4.79 Å². The first-order chi connectivity index (χ1) is 9.88. The smallest absolute Gasteiger partial charge is 0.262 e. The lowest BCUT2D eigenvalue weighted by molar-refractivity contribution is 0.531. The first kappa shape index (κ1) is 13.7. The first-order valence-corrected chi connectivity index (χ1v) is 6.37. The van der Waals surface area contributed by atoms with E-state index in [4.69, 9.17) is 11.6 Å². The average molecular weight is 311 g/mol. The van der Waals surface area contributed by atoms with Crippen molar-refractivity contribution in [2.45, 2.75) is 13.8 Å². The van der Waals surface area contributed by atoms with Gasteiger partial charge in [-0.1, -0.05) is 11.6 Å². The van der Waals surface area contributed by atoms with Gasteiger partial charge in [0.05, 0.1) is 11.8 Å². The number of benzene rings is 1. The van der Waals surface area contributed by atoms with Gasteiger partial charge in [-0.2, -0.15) is 13.9 Å². The third-order valence-electron chi connectivity index (χ3n) is 3.03. The van der Waals surface area contributed by atoms with Crippen LogP contribution in [-0.2, 0) is 0 Å². The fourth-order valence-corrected chi connectivity index (χ4v) is 2.21. The highest BCUT2D eigenvalue weighted by Crippen LogP contribution is 2.23. The molecule has 21 heavy (non-hydrogen) atoms. The van der Waals surface area contributed by atoms with E-state index in [2.05, 4.69) is 10.1 Å². The Morgan fingerprint density at radius 1 is 1.19 bits per heavy atom. The van der Waals surface area contributed by atoms with Gasteiger partial charge in [-0.15, -0.1) is 5.10 Å². The molecule has 3 rings (SSSR count). The first-order valence-electron chi connectivity index (χ1n) is 5.99. The molecule has 0 aliphatic heterocycles. The van der Waals surface area contributed by atoms with Gasteiger partial charge in [-0.05, 0) is 31.5 Å². The zero-order valence-corrected chi connectivity index (χ0v) is 11.8. The third kappa shape index (κ3) is 2.09. The van der Waals surface area contributed by atoms with Crippen LogP contribution in [0.3, 0.4) is 0 Å². The quantitative estimate of drug-likeness (QED) is 0.649. The molecule has 2 heterocycles. The second-order valence-electron chi connectivity index (χ2n) is 4.56. The maximum absolute atomic E-state index is 14.1. The minimum absolute atomic E-state index is 0.0562. The number of aromatic nitrogens is 4. The normalized spacial score (nSPS) is 11.3. The highest BCUT2D eigenvalue weighted by Gasteiger charge is 2.17. The van der Waals surface area contributed by atoms with Crippen molar-refractivity contribution in [3.63, 3.8) is 0 Å². The predicted molar refractivity (Wildman–Crippen MR) is 73.0 cm³/mol. The number of hydrogen-bond donors (Lipinski definition) is 0. The van der Waals surface area contributed by atoms with Gasteiger partial charge in [0, 0.05) is 5.02 Å². The molecule has 0 bridgehead atoms. The molecule has 8 heteroatoms. The molecule has 3 aromatic rings. The van der Waals surface area contributed by atoms with E-state index >= 15 is 0 Å². The summed E-state index contributed by atoms with van der Waals surface area (Å²) < 4.78 is 29.7. The van der Waals surface area contributed by atoms with Crippen LogP contribution in [0.15, 0.2) is 23.0 Å². The summed E-state index contributed by atoms with van der Waals surface area (Å²) in [6.07, 6.45) is 0. The molecule has 0 N–H and O–H groups in total. The van der Waals surface area contributed by atoms with Crippen molar-refractivity contribution < 1.29 is 8.78 Å². The van der Waals surface area contributed by atoms with Gasteiger partial charge in [-0.25, -0.2) is 8.96 Å². The van der Waals surface area contributed by atoms with Crippen LogP contribution in [0.4, 0.5) is 8.78 Å². The summed E-state index contributed by atoms with van der Waals surface area (Å²) in [4.78, 5) is 16.0. The van der Waals surface area contributed by atoms with Crippen LogP contribution < -0.4 is 5.56 Å². The highest BCUT2D eigenvalue weighted by atomic mass is 35.5. The minimum Gasteiger partial charge on any atom is -0.269 e. The monoisotopic (exact) mass is 310 g/mol. The Balaban J connectivity index is 2.46. The van der Waals surface area contributed by atoms with Crippen LogP contribution in [0.5, 0.6) is 0 Å². The lowest BCUT2D eigenvalue weighted by atomic mass is 10.2. The van der Waals surface area contributed by atoms with Crippen molar-refractivity contribution in [2.75, 3.05) is 0 Å². The van der Waals surface area contributed by atoms with E-state index in [0.29, 0.717) is 5.56 Å². The summed E-state index contributed by atoms with van der Waals surface area (Å²) in [5.41, 5.74) is -0.217. The highest BCUT2D eigenvalue weighted by molar-refractivity contribution is 6.31. The van der Waals surface area contributed by atoms with E-state index in [0.717, 1.165) is 21.2 Å². The van der Waals surface area contributed by atoms with E-state index in [1.165, 1.54) is 6.07 Å². The summed E-state index contributed by atoms with van der Waals surface area (Å²) in [5.74, 6) is -1.41. The predicted octanol–water partition coefficient (Wildman–Crippen LogP) is 2.43. The van der Waals surface area contributed by atoms with E-state index in [1.54, 1.807) is 13.8 Å². The number of halogens is 3. The molecule has 0 fully saturated rings. The molecule has 0 atom stereocenters. The van der Waals surface area contributed by atoms with E-state index < -0.39 is 17.3 Å². The summed E-state index contributed by atoms with van der Waals surface area (Å²) in [6.45, 7) is 3.22. The maximum Gasteiger partial charge on any atom is 0.262 e. The summed E-state index contributed by atoms with van der Waals surface area (Å²) in [5, 5.41) is 4.07. The van der Waals surface area contributed by atoms with Gasteiger partial charge in [0.25, 0.3) is 5.56 Å². The molecule has 0 unspecified atom stereocenters. The summed E-state index contributed by atoms with van der Waals surface area (Å²) in [6, 6.07) is 3.23. The Hall–Kier alpha value is -2.28. The lowest BCUT2D eigenvalue weighted by Crippen LogP contribution is -2.23. The standard InChI is InChI=1S/C13H9ClF2N4O/c1-6-3-10(9(15)4-8(6)14)19-12(21)5-11(16)20-13(19)17-7(2)18-20/h3-5H,1-2H3. The largest absolute Gasteiger partial charge is 0.269 e. The number of rotatable bonds is 1. The summed E-state index contributed by atoms with van der Waals surface area (Å²) in [7, 11) is 0. The Labute approximate surface area is 122 Å². The number of hydrogen-bond acceptors (Lipinski definition) is 3. The van der Waals surface area contributed by atoms with Crippen LogP contribution in [-0.4, -0.2) is 19.2 Å². The molecule has 108 valence electrons. The van der Waals surface area contributed by atoms with Crippen LogP contribution in [0, 0.1) is 25.6 Å². The fraction of sp³-hybridized carbons (Fsp3) is 0.154. The number of fused-ring (bicyclic) bond motifs is 1. The SMILES string of the molecule is Cc1nc2n(-c3cc(C)c(Cl)cc3F)c(=O)cc(F)n2n1. The van der Waals surface area contributed by atoms with Gasteiger partial charge < -0.3 is 0 Å². The second kappa shape index (κ2) is 4.63. The van der Waals surface area contributed by atoms with Crippen molar-refractivity contribution in [3.05, 3.63) is 56.7 Å². The molecule has 0 aliphatic carbocycles. The van der Waals surface area contributed by atoms with Gasteiger partial charge >= 0.3 is 0 Å². The second-order valence-corrected chi connectivity index (χ2v) is 4.97. The zero-order valence-electron chi connectivity index (χ0n) is 11.1. The fourth-order valence-electron chi connectivity index (χ4n) is 2.06. The third-order valence-corrected chi connectivity index (χ3v) is 3.44. The molecular weight excluding hydrogens is 302 g/mol. The minimum atomic E-state index is -0.863.